The van der Waals surface area contributed by atoms with Crippen molar-refractivity contribution in [2.75, 3.05) is 11.1 Å². The summed E-state index contributed by atoms with van der Waals surface area (Å²) in [7, 11) is -3.89. The van der Waals surface area contributed by atoms with Gasteiger partial charge in [0.25, 0.3) is 0 Å². The summed E-state index contributed by atoms with van der Waals surface area (Å²) < 4.78 is 25.4. The van der Waals surface area contributed by atoms with Gasteiger partial charge in [-0.2, -0.15) is 0 Å². The minimum absolute atomic E-state index is 0.0384. The predicted molar refractivity (Wildman–Crippen MR) is 141 cm³/mol. The average Bonchev–Trinajstić information content (AvgIpc) is 3.34. The van der Waals surface area contributed by atoms with Gasteiger partial charge < -0.3 is 5.32 Å². The third-order valence-electron chi connectivity index (χ3n) is 5.90. The first-order chi connectivity index (χ1) is 16.6. The van der Waals surface area contributed by atoms with Gasteiger partial charge in [-0.1, -0.05) is 54.6 Å². The highest BCUT2D eigenvalue weighted by Gasteiger charge is 2.24. The van der Waals surface area contributed by atoms with Gasteiger partial charge in [-0.25, -0.2) is 13.6 Å². The molecule has 35 heavy (non-hydrogen) atoms. The zero-order chi connectivity index (χ0) is 24.9. The van der Waals surface area contributed by atoms with E-state index >= 15 is 0 Å². The first-order valence-corrected chi connectivity index (χ1v) is 14.2. The molecule has 1 heterocycles. The lowest BCUT2D eigenvalue weighted by Crippen LogP contribution is -2.16. The van der Waals surface area contributed by atoms with Crippen molar-refractivity contribution in [3.8, 4) is 5.69 Å². The Hall–Kier alpha value is -2.44. The second kappa shape index (κ2) is 9.21. The van der Waals surface area contributed by atoms with Crippen LogP contribution >= 0.6 is 39.3 Å². The highest BCUT2D eigenvalue weighted by atomic mass is 79.9. The number of carbonyl (C=O) groups is 1. The summed E-state index contributed by atoms with van der Waals surface area (Å²) in [4.78, 5) is 12.5. The molecule has 12 heteroatoms. The number of amides is 1. The van der Waals surface area contributed by atoms with E-state index in [0.29, 0.717) is 15.8 Å². The minimum Gasteiger partial charge on any atom is -0.324 e. The molecule has 0 fully saturated rings. The normalized spacial score (nSPS) is 15.0. The van der Waals surface area contributed by atoms with Gasteiger partial charge in [0.05, 0.1) is 27.0 Å². The van der Waals surface area contributed by atoms with Crippen LogP contribution in [0.15, 0.2) is 63.3 Å². The van der Waals surface area contributed by atoms with Crippen molar-refractivity contribution in [2.24, 2.45) is 5.14 Å². The Bertz CT molecular complexity index is 1610. The third-order valence-corrected chi connectivity index (χ3v) is 8.57. The van der Waals surface area contributed by atoms with Crippen LogP contribution in [0.25, 0.3) is 16.5 Å². The number of hydrogen-bond acceptors (Lipinski definition) is 6. The number of anilines is 1. The Morgan fingerprint density at radius 3 is 2.80 bits per heavy atom. The average molecular weight is 593 g/mol. The summed E-state index contributed by atoms with van der Waals surface area (Å²) in [5.74, 6) is 0.174. The molecule has 1 unspecified atom stereocenters. The first-order valence-electron chi connectivity index (χ1n) is 10.5. The predicted octanol–water partition coefficient (Wildman–Crippen LogP) is 4.87. The van der Waals surface area contributed by atoms with Crippen LogP contribution in [-0.2, 0) is 21.2 Å². The maximum Gasteiger partial charge on any atom is 0.238 e. The Balaban J connectivity index is 1.39. The number of nitrogens with zero attached hydrogens (tertiary/aromatic N) is 3. The smallest absolute Gasteiger partial charge is 0.238 e. The largest absolute Gasteiger partial charge is 0.324 e. The molecule has 0 radical (unpaired) electrons. The molecule has 0 saturated carbocycles. The topological polar surface area (TPSA) is 120 Å². The van der Waals surface area contributed by atoms with Crippen LogP contribution < -0.4 is 10.5 Å². The first kappa shape index (κ1) is 24.3. The van der Waals surface area contributed by atoms with E-state index in [0.717, 1.165) is 17.5 Å². The maximum absolute atomic E-state index is 12.6. The molecule has 4 aromatic rings. The van der Waals surface area contributed by atoms with E-state index in [-0.39, 0.29) is 27.3 Å². The van der Waals surface area contributed by atoms with Crippen molar-refractivity contribution in [1.82, 2.24) is 14.8 Å². The number of thioether (sulfide) groups is 1. The van der Waals surface area contributed by atoms with Crippen LogP contribution in [-0.4, -0.2) is 34.8 Å². The fraction of sp³-hybridized carbons (Fsp3) is 0.174. The number of carbonyl (C=O) groups excluding carboxylic acids is 1. The van der Waals surface area contributed by atoms with Crippen LogP contribution in [0.4, 0.5) is 5.69 Å². The lowest BCUT2D eigenvalue weighted by molar-refractivity contribution is -0.113. The van der Waals surface area contributed by atoms with E-state index in [1.54, 1.807) is 0 Å². The van der Waals surface area contributed by atoms with E-state index < -0.39 is 10.0 Å². The van der Waals surface area contributed by atoms with Gasteiger partial charge in [-0.3, -0.25) is 9.36 Å². The number of aromatic nitrogens is 3. The van der Waals surface area contributed by atoms with Crippen molar-refractivity contribution in [2.45, 2.75) is 29.3 Å². The molecule has 1 amide bonds. The van der Waals surface area contributed by atoms with Crippen LogP contribution in [0.5, 0.6) is 0 Å². The highest BCUT2D eigenvalue weighted by Crippen LogP contribution is 2.41. The molecule has 3 aromatic carbocycles. The van der Waals surface area contributed by atoms with Gasteiger partial charge in [-0.15, -0.1) is 10.2 Å². The SMILES string of the molecule is CC1Cc2ccc(-n3c(Br)nnc3SCC(=O)Nc3ccc(S(N)(=O)=O)cc3Cl)c3cccc1c23. The number of primary sulfonamides is 1. The molecule has 0 saturated heterocycles. The third kappa shape index (κ3) is 4.58. The molecule has 8 nitrogen and oxygen atoms in total. The summed E-state index contributed by atoms with van der Waals surface area (Å²) in [6, 6.07) is 14.4. The van der Waals surface area contributed by atoms with Gasteiger partial charge in [0.2, 0.25) is 20.7 Å². The summed E-state index contributed by atoms with van der Waals surface area (Å²) >= 11 is 10.8. The van der Waals surface area contributed by atoms with Gasteiger partial charge in [0, 0.05) is 5.39 Å². The fourth-order valence-electron chi connectivity index (χ4n) is 4.35. The summed E-state index contributed by atoms with van der Waals surface area (Å²) in [6.45, 7) is 2.23. The molecule has 1 atom stereocenters. The standard InChI is InChI=1S/C23H19BrClN5O3S2/c1-12-9-13-5-8-19(16-4-2-3-15(12)21(13)16)30-22(24)28-29-23(30)34-11-20(31)27-18-7-6-14(10-17(18)25)35(26,32)33/h2-8,10,12H,9,11H2,1H3,(H,27,31)(H2,26,32,33). The lowest BCUT2D eigenvalue weighted by Gasteiger charge is -2.13. The number of nitrogens with two attached hydrogens (primary N) is 1. The number of benzene rings is 3. The minimum atomic E-state index is -3.89. The van der Waals surface area contributed by atoms with Crippen LogP contribution in [0, 0.1) is 0 Å². The Morgan fingerprint density at radius 1 is 1.26 bits per heavy atom. The Kier molecular flexibility index (Phi) is 6.39. The van der Waals surface area contributed by atoms with Crippen molar-refractivity contribution < 1.29 is 13.2 Å². The molecule has 5 rings (SSSR count). The number of halogens is 2. The van der Waals surface area contributed by atoms with E-state index in [9.17, 15) is 13.2 Å². The fourth-order valence-corrected chi connectivity index (χ4v) is 6.48. The summed E-state index contributed by atoms with van der Waals surface area (Å²) in [6.07, 6.45) is 1.02. The maximum atomic E-state index is 12.6. The number of nitrogens with one attached hydrogen (secondary N) is 1. The quantitative estimate of drug-likeness (QED) is 0.308. The monoisotopic (exact) mass is 591 g/mol. The van der Waals surface area contributed by atoms with Crippen molar-refractivity contribution in [3.05, 3.63) is 69.4 Å². The van der Waals surface area contributed by atoms with E-state index in [1.807, 2.05) is 4.57 Å². The molecule has 180 valence electrons. The summed E-state index contributed by atoms with van der Waals surface area (Å²) in [5, 5.41) is 19.2. The lowest BCUT2D eigenvalue weighted by atomic mass is 10.0. The van der Waals surface area contributed by atoms with Gasteiger partial charge in [0.1, 0.15) is 0 Å². The molecular formula is C23H19BrClN5O3S2. The Morgan fingerprint density at radius 2 is 2.06 bits per heavy atom. The second-order valence-electron chi connectivity index (χ2n) is 8.23. The molecule has 1 aliphatic rings. The van der Waals surface area contributed by atoms with Crippen LogP contribution in [0.3, 0.4) is 0 Å². The van der Waals surface area contributed by atoms with Crippen molar-refractivity contribution in [1.29, 1.82) is 0 Å². The zero-order valence-corrected chi connectivity index (χ0v) is 22.3. The highest BCUT2D eigenvalue weighted by molar-refractivity contribution is 9.10. The van der Waals surface area contributed by atoms with Gasteiger partial charge in [-0.05, 0) is 69.0 Å². The summed E-state index contributed by atoms with van der Waals surface area (Å²) in [5.41, 5.74) is 3.88. The van der Waals surface area contributed by atoms with Crippen LogP contribution in [0.2, 0.25) is 5.02 Å². The molecular weight excluding hydrogens is 574 g/mol. The Labute approximate surface area is 219 Å². The number of sulfonamides is 1. The van der Waals surface area contributed by atoms with Crippen molar-refractivity contribution in [3.63, 3.8) is 0 Å². The molecule has 0 aliphatic heterocycles. The van der Waals surface area contributed by atoms with Crippen LogP contribution in [0.1, 0.15) is 24.0 Å². The van der Waals surface area contributed by atoms with Gasteiger partial charge >= 0.3 is 0 Å². The van der Waals surface area contributed by atoms with Crippen molar-refractivity contribution >= 4 is 71.7 Å². The van der Waals surface area contributed by atoms with E-state index in [4.69, 9.17) is 16.7 Å². The number of hydrogen-bond donors (Lipinski definition) is 2. The molecule has 0 bridgehead atoms. The molecule has 1 aromatic heterocycles. The molecule has 0 spiro atoms. The molecule has 3 N–H and O–H groups in total. The zero-order valence-electron chi connectivity index (χ0n) is 18.3. The number of rotatable bonds is 6. The van der Waals surface area contributed by atoms with E-state index in [1.165, 1.54) is 46.5 Å². The second-order valence-corrected chi connectivity index (χ2v) is 11.8. The van der Waals surface area contributed by atoms with E-state index in [2.05, 4.69) is 68.7 Å². The van der Waals surface area contributed by atoms with Gasteiger partial charge in [0.15, 0.2) is 5.16 Å². The molecule has 1 aliphatic carbocycles.